The molecule has 1 nitrogen and oxygen atoms in total. The molecule has 0 aliphatic carbocycles. The van der Waals surface area contributed by atoms with Crippen LogP contribution in [0.5, 0.6) is 0 Å². The lowest BCUT2D eigenvalue weighted by Gasteiger charge is -2.25. The molecule has 1 aromatic heterocycles. The van der Waals surface area contributed by atoms with E-state index in [1.54, 1.807) is 0 Å². The minimum atomic E-state index is 0.401. The van der Waals surface area contributed by atoms with E-state index in [2.05, 4.69) is 52.2 Å². The van der Waals surface area contributed by atoms with E-state index in [1.807, 2.05) is 11.3 Å². The fourth-order valence-corrected chi connectivity index (χ4v) is 3.02. The van der Waals surface area contributed by atoms with E-state index in [9.17, 15) is 0 Å². The Kier molecular flexibility index (Phi) is 5.00. The SMILES string of the molecule is CCc1ccc(CC(CC(C)(C)C)NC)s1. The smallest absolute Gasteiger partial charge is 0.0117 e. The van der Waals surface area contributed by atoms with E-state index in [0.717, 1.165) is 6.42 Å². The van der Waals surface area contributed by atoms with E-state index in [0.29, 0.717) is 11.5 Å². The van der Waals surface area contributed by atoms with Crippen molar-refractivity contribution >= 4 is 11.3 Å². The van der Waals surface area contributed by atoms with Gasteiger partial charge in [-0.1, -0.05) is 27.7 Å². The predicted octanol–water partition coefficient (Wildman–Crippen LogP) is 3.88. The zero-order chi connectivity index (χ0) is 12.2. The average molecular weight is 239 g/mol. The first kappa shape index (κ1) is 13.7. The van der Waals surface area contributed by atoms with Crippen LogP contribution in [-0.2, 0) is 12.8 Å². The van der Waals surface area contributed by atoms with Crippen molar-refractivity contribution in [1.82, 2.24) is 5.32 Å². The monoisotopic (exact) mass is 239 g/mol. The first-order chi connectivity index (χ1) is 7.44. The molecule has 1 aromatic rings. The Hall–Kier alpha value is -0.340. The number of rotatable bonds is 5. The number of nitrogens with one attached hydrogen (secondary N) is 1. The third-order valence-corrected chi connectivity index (χ3v) is 4.03. The molecule has 1 heterocycles. The van der Waals surface area contributed by atoms with Crippen molar-refractivity contribution < 1.29 is 0 Å². The number of likely N-dealkylation sites (N-methyl/N-ethyl adjacent to an activating group) is 1. The van der Waals surface area contributed by atoms with Gasteiger partial charge in [-0.15, -0.1) is 11.3 Å². The number of thiophene rings is 1. The highest BCUT2D eigenvalue weighted by Crippen LogP contribution is 2.25. The minimum Gasteiger partial charge on any atom is -0.317 e. The van der Waals surface area contributed by atoms with Gasteiger partial charge in [0.05, 0.1) is 0 Å². The summed E-state index contributed by atoms with van der Waals surface area (Å²) in [4.78, 5) is 3.01. The summed E-state index contributed by atoms with van der Waals surface area (Å²) in [7, 11) is 2.07. The van der Waals surface area contributed by atoms with Gasteiger partial charge in [0.15, 0.2) is 0 Å². The molecule has 0 radical (unpaired) electrons. The third kappa shape index (κ3) is 4.67. The first-order valence-electron chi connectivity index (χ1n) is 6.19. The normalized spacial score (nSPS) is 14.1. The van der Waals surface area contributed by atoms with Crippen LogP contribution in [-0.4, -0.2) is 13.1 Å². The summed E-state index contributed by atoms with van der Waals surface area (Å²) in [6, 6.07) is 5.16. The van der Waals surface area contributed by atoms with Crippen LogP contribution in [0.25, 0.3) is 0 Å². The van der Waals surface area contributed by atoms with Gasteiger partial charge in [0, 0.05) is 15.8 Å². The maximum atomic E-state index is 3.44. The molecule has 2 heteroatoms. The van der Waals surface area contributed by atoms with Gasteiger partial charge in [-0.05, 0) is 43.9 Å². The molecule has 0 saturated heterocycles. The lowest BCUT2D eigenvalue weighted by atomic mass is 9.87. The molecular formula is C14H25NS. The molecule has 0 spiro atoms. The zero-order valence-corrected chi connectivity index (χ0v) is 12.1. The summed E-state index contributed by atoms with van der Waals surface area (Å²) in [6.07, 6.45) is 3.55. The molecule has 0 bridgehead atoms. The van der Waals surface area contributed by atoms with E-state index in [4.69, 9.17) is 0 Å². The van der Waals surface area contributed by atoms with Crippen LogP contribution in [0.1, 0.15) is 43.9 Å². The lowest BCUT2D eigenvalue weighted by molar-refractivity contribution is 0.316. The van der Waals surface area contributed by atoms with Gasteiger partial charge in [0.2, 0.25) is 0 Å². The Bertz CT molecular complexity index is 309. The molecule has 0 aliphatic heterocycles. The Balaban J connectivity index is 2.56. The van der Waals surface area contributed by atoms with Crippen LogP contribution in [0.15, 0.2) is 12.1 Å². The van der Waals surface area contributed by atoms with Crippen LogP contribution in [0, 0.1) is 5.41 Å². The van der Waals surface area contributed by atoms with Crippen molar-refractivity contribution in [2.45, 2.75) is 53.0 Å². The number of hydrogen-bond acceptors (Lipinski definition) is 2. The van der Waals surface area contributed by atoms with Gasteiger partial charge < -0.3 is 5.32 Å². The molecule has 1 N–H and O–H groups in total. The molecule has 0 fully saturated rings. The molecule has 16 heavy (non-hydrogen) atoms. The lowest BCUT2D eigenvalue weighted by Crippen LogP contribution is -2.31. The molecule has 1 unspecified atom stereocenters. The van der Waals surface area contributed by atoms with Crippen molar-refractivity contribution in [1.29, 1.82) is 0 Å². The first-order valence-corrected chi connectivity index (χ1v) is 7.01. The Labute approximate surface area is 104 Å². The standard InChI is InChI=1S/C14H25NS/c1-6-12-7-8-13(16-12)9-11(15-5)10-14(2,3)4/h7-8,11,15H,6,9-10H2,1-5H3. The molecule has 92 valence electrons. The van der Waals surface area contributed by atoms with Crippen molar-refractivity contribution in [2.75, 3.05) is 7.05 Å². The largest absolute Gasteiger partial charge is 0.317 e. The van der Waals surface area contributed by atoms with Crippen molar-refractivity contribution in [3.63, 3.8) is 0 Å². The van der Waals surface area contributed by atoms with Crippen molar-refractivity contribution in [3.8, 4) is 0 Å². The maximum Gasteiger partial charge on any atom is 0.0117 e. The summed E-state index contributed by atoms with van der Waals surface area (Å²) in [5.41, 5.74) is 0.401. The second kappa shape index (κ2) is 5.83. The van der Waals surface area contributed by atoms with Crippen LogP contribution in [0.3, 0.4) is 0 Å². The predicted molar refractivity (Wildman–Crippen MR) is 74.3 cm³/mol. The summed E-state index contributed by atoms with van der Waals surface area (Å²) < 4.78 is 0. The fourth-order valence-electron chi connectivity index (χ4n) is 1.98. The molecule has 0 aliphatic rings. The van der Waals surface area contributed by atoms with Crippen molar-refractivity contribution in [3.05, 3.63) is 21.9 Å². The third-order valence-electron chi connectivity index (χ3n) is 2.78. The second-order valence-electron chi connectivity index (χ2n) is 5.68. The van der Waals surface area contributed by atoms with E-state index < -0.39 is 0 Å². The Morgan fingerprint density at radius 2 is 1.88 bits per heavy atom. The molecule has 0 amide bonds. The van der Waals surface area contributed by atoms with Gasteiger partial charge in [0.1, 0.15) is 0 Å². The molecule has 0 aromatic carbocycles. The summed E-state index contributed by atoms with van der Waals surface area (Å²) in [5, 5.41) is 3.44. The maximum absolute atomic E-state index is 3.44. The van der Waals surface area contributed by atoms with Crippen molar-refractivity contribution in [2.24, 2.45) is 5.41 Å². The topological polar surface area (TPSA) is 12.0 Å². The molecule has 0 saturated carbocycles. The zero-order valence-electron chi connectivity index (χ0n) is 11.3. The highest BCUT2D eigenvalue weighted by Gasteiger charge is 2.18. The molecule has 1 atom stereocenters. The van der Waals surface area contributed by atoms with E-state index in [-0.39, 0.29) is 0 Å². The van der Waals surface area contributed by atoms with Gasteiger partial charge in [0.25, 0.3) is 0 Å². The van der Waals surface area contributed by atoms with E-state index >= 15 is 0 Å². The summed E-state index contributed by atoms with van der Waals surface area (Å²) >= 11 is 1.96. The van der Waals surface area contributed by atoms with Gasteiger partial charge in [-0.2, -0.15) is 0 Å². The van der Waals surface area contributed by atoms with Gasteiger partial charge >= 0.3 is 0 Å². The van der Waals surface area contributed by atoms with Crippen LogP contribution >= 0.6 is 11.3 Å². The van der Waals surface area contributed by atoms with E-state index in [1.165, 1.54) is 22.6 Å². The van der Waals surface area contributed by atoms with Gasteiger partial charge in [-0.3, -0.25) is 0 Å². The Morgan fingerprint density at radius 3 is 2.31 bits per heavy atom. The minimum absolute atomic E-state index is 0.401. The highest BCUT2D eigenvalue weighted by molar-refractivity contribution is 7.11. The van der Waals surface area contributed by atoms with Crippen LogP contribution < -0.4 is 5.32 Å². The quantitative estimate of drug-likeness (QED) is 0.822. The summed E-state index contributed by atoms with van der Waals surface area (Å²) in [6.45, 7) is 9.15. The van der Waals surface area contributed by atoms with Crippen LogP contribution in [0.2, 0.25) is 0 Å². The van der Waals surface area contributed by atoms with Crippen LogP contribution in [0.4, 0.5) is 0 Å². The Morgan fingerprint density at radius 1 is 1.25 bits per heavy atom. The average Bonchev–Trinajstić information content (AvgIpc) is 2.62. The second-order valence-corrected chi connectivity index (χ2v) is 6.93. The number of aryl methyl sites for hydroxylation is 1. The number of hydrogen-bond donors (Lipinski definition) is 1. The fraction of sp³-hybridized carbons (Fsp3) is 0.714. The summed E-state index contributed by atoms with van der Waals surface area (Å²) in [5.74, 6) is 0. The molecule has 1 rings (SSSR count). The molecular weight excluding hydrogens is 214 g/mol. The van der Waals surface area contributed by atoms with Gasteiger partial charge in [-0.25, -0.2) is 0 Å². The highest BCUT2D eigenvalue weighted by atomic mass is 32.1.